The molecule has 0 aliphatic carbocycles. The lowest BCUT2D eigenvalue weighted by molar-refractivity contribution is 0.415. The highest BCUT2D eigenvalue weighted by Crippen LogP contribution is 2.25. The van der Waals surface area contributed by atoms with Gasteiger partial charge in [-0.1, -0.05) is 30.3 Å². The van der Waals surface area contributed by atoms with Crippen molar-refractivity contribution >= 4 is 0 Å². The van der Waals surface area contributed by atoms with Crippen molar-refractivity contribution in [3.05, 3.63) is 54.1 Å². The second kappa shape index (κ2) is 4.18. The van der Waals surface area contributed by atoms with E-state index in [4.69, 9.17) is 4.74 Å². The minimum atomic E-state index is 0.885. The van der Waals surface area contributed by atoms with Crippen LogP contribution in [0.25, 0.3) is 11.1 Å². The Labute approximate surface area is 90.3 Å². The van der Waals surface area contributed by atoms with Crippen LogP contribution >= 0.6 is 0 Å². The van der Waals surface area contributed by atoms with Gasteiger partial charge in [0.2, 0.25) is 0 Å². The number of methoxy groups -OCH3 is 1. The Morgan fingerprint density at radius 2 is 2.00 bits per heavy atom. The zero-order chi connectivity index (χ0) is 10.7. The van der Waals surface area contributed by atoms with E-state index in [-0.39, 0.29) is 0 Å². The number of rotatable bonds is 2. The second-order valence-corrected chi connectivity index (χ2v) is 3.44. The average molecular weight is 197 g/mol. The van der Waals surface area contributed by atoms with E-state index < -0.39 is 0 Å². The maximum atomic E-state index is 5.21. The number of ether oxygens (including phenoxy) is 1. The third kappa shape index (κ3) is 2.01. The normalized spacial score (nSPS) is 10.0. The monoisotopic (exact) mass is 197 g/mol. The first-order valence-electron chi connectivity index (χ1n) is 4.93. The molecule has 0 aliphatic heterocycles. The van der Waals surface area contributed by atoms with E-state index >= 15 is 0 Å². The van der Waals surface area contributed by atoms with Gasteiger partial charge < -0.3 is 4.74 Å². The van der Waals surface area contributed by atoms with Crippen LogP contribution in [0.4, 0.5) is 0 Å². The van der Waals surface area contributed by atoms with E-state index in [2.05, 4.69) is 25.1 Å². The van der Waals surface area contributed by atoms with Crippen molar-refractivity contribution in [3.8, 4) is 16.9 Å². The SMILES string of the molecule is COc1cccc(-c2ccc[c]c2C)c1. The molecule has 0 saturated heterocycles. The predicted octanol–water partition coefficient (Wildman–Crippen LogP) is 3.47. The molecule has 0 unspecified atom stereocenters. The van der Waals surface area contributed by atoms with Gasteiger partial charge in [-0.25, -0.2) is 0 Å². The molecular weight excluding hydrogens is 184 g/mol. The van der Waals surface area contributed by atoms with E-state index in [1.807, 2.05) is 30.3 Å². The molecule has 0 fully saturated rings. The van der Waals surface area contributed by atoms with Gasteiger partial charge >= 0.3 is 0 Å². The Kier molecular flexibility index (Phi) is 2.72. The number of hydrogen-bond acceptors (Lipinski definition) is 1. The highest BCUT2D eigenvalue weighted by atomic mass is 16.5. The van der Waals surface area contributed by atoms with Crippen LogP contribution in [0.2, 0.25) is 0 Å². The molecule has 0 atom stereocenters. The third-order valence-electron chi connectivity index (χ3n) is 2.44. The highest BCUT2D eigenvalue weighted by Gasteiger charge is 2.01. The van der Waals surface area contributed by atoms with Crippen LogP contribution in [-0.2, 0) is 0 Å². The molecule has 0 heterocycles. The Bertz CT molecular complexity index is 460. The highest BCUT2D eigenvalue weighted by molar-refractivity contribution is 5.68. The summed E-state index contributed by atoms with van der Waals surface area (Å²) in [5.74, 6) is 0.885. The first-order chi connectivity index (χ1) is 7.31. The molecular formula is C14H13O. The van der Waals surface area contributed by atoms with E-state index in [9.17, 15) is 0 Å². The summed E-state index contributed by atoms with van der Waals surface area (Å²) >= 11 is 0. The summed E-state index contributed by atoms with van der Waals surface area (Å²) in [6, 6.07) is 17.3. The molecule has 0 spiro atoms. The van der Waals surface area contributed by atoms with Crippen LogP contribution in [0, 0.1) is 13.0 Å². The summed E-state index contributed by atoms with van der Waals surface area (Å²) in [6.07, 6.45) is 0. The predicted molar refractivity (Wildman–Crippen MR) is 62.0 cm³/mol. The molecule has 0 aliphatic rings. The van der Waals surface area contributed by atoms with Crippen molar-refractivity contribution in [3.63, 3.8) is 0 Å². The molecule has 2 rings (SSSR count). The smallest absolute Gasteiger partial charge is 0.119 e. The third-order valence-corrected chi connectivity index (χ3v) is 2.44. The summed E-state index contributed by atoms with van der Waals surface area (Å²) in [6.45, 7) is 2.06. The maximum Gasteiger partial charge on any atom is 0.119 e. The lowest BCUT2D eigenvalue weighted by Crippen LogP contribution is -1.85. The van der Waals surface area contributed by atoms with E-state index in [0.29, 0.717) is 0 Å². The number of hydrogen-bond donors (Lipinski definition) is 0. The first kappa shape index (κ1) is 9.78. The Hall–Kier alpha value is -1.76. The molecule has 1 nitrogen and oxygen atoms in total. The second-order valence-electron chi connectivity index (χ2n) is 3.44. The lowest BCUT2D eigenvalue weighted by Gasteiger charge is -2.06. The van der Waals surface area contributed by atoms with Gasteiger partial charge in [0.25, 0.3) is 0 Å². The molecule has 2 aromatic rings. The summed E-state index contributed by atoms with van der Waals surface area (Å²) in [7, 11) is 1.68. The molecule has 0 N–H and O–H groups in total. The largest absolute Gasteiger partial charge is 0.497 e. The maximum absolute atomic E-state index is 5.21. The van der Waals surface area contributed by atoms with E-state index in [1.54, 1.807) is 7.11 Å². The quantitative estimate of drug-likeness (QED) is 0.716. The molecule has 1 radical (unpaired) electrons. The van der Waals surface area contributed by atoms with E-state index in [1.165, 1.54) is 11.1 Å². The van der Waals surface area contributed by atoms with Crippen molar-refractivity contribution in [1.82, 2.24) is 0 Å². The molecule has 2 aromatic carbocycles. The molecule has 0 amide bonds. The molecule has 0 aromatic heterocycles. The molecule has 1 heteroatoms. The number of aryl methyl sites for hydroxylation is 1. The van der Waals surface area contributed by atoms with Crippen LogP contribution < -0.4 is 4.74 Å². The van der Waals surface area contributed by atoms with Gasteiger partial charge in [-0.3, -0.25) is 0 Å². The fraction of sp³-hybridized carbons (Fsp3) is 0.143. The Morgan fingerprint density at radius 1 is 1.13 bits per heavy atom. The summed E-state index contributed by atoms with van der Waals surface area (Å²) in [4.78, 5) is 0. The standard InChI is InChI=1S/C14H13O/c1-11-6-3-4-9-14(11)12-7-5-8-13(10-12)15-2/h3-5,7-10H,1-2H3. The summed E-state index contributed by atoms with van der Waals surface area (Å²) in [5, 5.41) is 0. The first-order valence-corrected chi connectivity index (χ1v) is 4.93. The van der Waals surface area contributed by atoms with Crippen molar-refractivity contribution < 1.29 is 4.74 Å². The van der Waals surface area contributed by atoms with Crippen molar-refractivity contribution in [2.45, 2.75) is 6.92 Å². The summed E-state index contributed by atoms with van der Waals surface area (Å²) in [5.41, 5.74) is 3.53. The van der Waals surface area contributed by atoms with E-state index in [0.717, 1.165) is 11.3 Å². The zero-order valence-electron chi connectivity index (χ0n) is 8.95. The average Bonchev–Trinajstić information content (AvgIpc) is 2.30. The topological polar surface area (TPSA) is 9.23 Å². The minimum absolute atomic E-state index is 0.885. The summed E-state index contributed by atoms with van der Waals surface area (Å²) < 4.78 is 5.21. The molecule has 75 valence electrons. The fourth-order valence-electron chi connectivity index (χ4n) is 1.62. The Morgan fingerprint density at radius 3 is 2.73 bits per heavy atom. The Balaban J connectivity index is 2.49. The van der Waals surface area contributed by atoms with Crippen LogP contribution in [0.15, 0.2) is 42.5 Å². The van der Waals surface area contributed by atoms with Crippen LogP contribution in [0.1, 0.15) is 5.56 Å². The van der Waals surface area contributed by atoms with Crippen LogP contribution in [0.5, 0.6) is 5.75 Å². The van der Waals surface area contributed by atoms with Gasteiger partial charge in [0.05, 0.1) is 7.11 Å². The number of benzene rings is 2. The molecule has 0 saturated carbocycles. The zero-order valence-corrected chi connectivity index (χ0v) is 8.95. The molecule has 0 bridgehead atoms. The molecule has 15 heavy (non-hydrogen) atoms. The van der Waals surface area contributed by atoms with Crippen molar-refractivity contribution in [2.75, 3.05) is 7.11 Å². The van der Waals surface area contributed by atoms with Crippen molar-refractivity contribution in [1.29, 1.82) is 0 Å². The van der Waals surface area contributed by atoms with Crippen molar-refractivity contribution in [2.24, 2.45) is 0 Å². The van der Waals surface area contributed by atoms with Gasteiger partial charge in [0.15, 0.2) is 0 Å². The van der Waals surface area contributed by atoms with Gasteiger partial charge in [-0.2, -0.15) is 0 Å². The lowest BCUT2D eigenvalue weighted by atomic mass is 10.0. The minimum Gasteiger partial charge on any atom is -0.497 e. The van der Waals surface area contributed by atoms with Gasteiger partial charge in [0, 0.05) is 0 Å². The van der Waals surface area contributed by atoms with Gasteiger partial charge in [-0.15, -0.1) is 0 Å². The van der Waals surface area contributed by atoms with Crippen LogP contribution in [-0.4, -0.2) is 7.11 Å². The van der Waals surface area contributed by atoms with Gasteiger partial charge in [0.1, 0.15) is 5.75 Å². The van der Waals surface area contributed by atoms with Gasteiger partial charge in [-0.05, 0) is 41.8 Å². The van der Waals surface area contributed by atoms with Crippen LogP contribution in [0.3, 0.4) is 0 Å². The fourth-order valence-corrected chi connectivity index (χ4v) is 1.62.